The van der Waals surface area contributed by atoms with Gasteiger partial charge in [0.25, 0.3) is 0 Å². The normalized spacial score (nSPS) is 10.3. The van der Waals surface area contributed by atoms with Crippen LogP contribution in [0.4, 0.5) is 0 Å². The lowest BCUT2D eigenvalue weighted by Crippen LogP contribution is -1.98. The second kappa shape index (κ2) is 3.68. The summed E-state index contributed by atoms with van der Waals surface area (Å²) in [5, 5.41) is 0. The fraction of sp³-hybridized carbons (Fsp3) is 0.400. The van der Waals surface area contributed by atoms with E-state index in [1.807, 2.05) is 13.8 Å². The molecule has 0 saturated carbocycles. The van der Waals surface area contributed by atoms with Gasteiger partial charge < -0.3 is 4.74 Å². The van der Waals surface area contributed by atoms with Crippen molar-refractivity contribution in [2.45, 2.75) is 20.8 Å². The van der Waals surface area contributed by atoms with Gasteiger partial charge in [0.05, 0.1) is 0 Å². The number of aryl methyl sites for hydroxylation is 3. The van der Waals surface area contributed by atoms with Crippen LogP contribution in [0.25, 0.3) is 0 Å². The molecule has 0 saturated heterocycles. The fourth-order valence-corrected chi connectivity index (χ4v) is 1.33. The Morgan fingerprint density at radius 1 is 1.33 bits per heavy atom. The first-order valence-electron chi connectivity index (χ1n) is 3.96. The number of ether oxygens (including phenoxy) is 1. The minimum Gasteiger partial charge on any atom is -0.374 e. The fourth-order valence-electron chi connectivity index (χ4n) is 1.33. The third-order valence-corrected chi connectivity index (χ3v) is 1.82. The molecule has 0 N–H and O–H groups in total. The van der Waals surface area contributed by atoms with Gasteiger partial charge in [-0.2, -0.15) is 0 Å². The number of nitrogens with zero attached hydrogens (tertiary/aromatic N) is 1. The molecule has 0 atom stereocenters. The Morgan fingerprint density at radius 3 is 2.50 bits per heavy atom. The summed E-state index contributed by atoms with van der Waals surface area (Å²) < 4.78 is 4.96. The summed E-state index contributed by atoms with van der Waals surface area (Å²) in [7, 11) is 1.65. The molecule has 2 heteroatoms. The predicted octanol–water partition coefficient (Wildman–Crippen LogP) is 2.16. The molecule has 65 valence electrons. The Kier molecular flexibility index (Phi) is 2.82. The molecule has 2 nitrogen and oxygen atoms in total. The molecule has 1 aromatic heterocycles. The van der Waals surface area contributed by atoms with Gasteiger partial charge in [-0.15, -0.1) is 0 Å². The zero-order chi connectivity index (χ0) is 9.14. The molecule has 1 heterocycles. The van der Waals surface area contributed by atoms with Gasteiger partial charge in [0.15, 0.2) is 0 Å². The number of aromatic nitrogens is 1. The molecule has 0 fully saturated rings. The van der Waals surface area contributed by atoms with Crippen LogP contribution in [0.1, 0.15) is 22.5 Å². The van der Waals surface area contributed by atoms with Crippen molar-refractivity contribution in [3.8, 4) is 0 Å². The lowest BCUT2D eigenvalue weighted by molar-refractivity contribution is 0.291. The Balaban J connectivity index is 3.10. The van der Waals surface area contributed by atoms with Gasteiger partial charge in [0, 0.05) is 24.1 Å². The van der Waals surface area contributed by atoms with Crippen molar-refractivity contribution < 1.29 is 4.74 Å². The third kappa shape index (κ3) is 1.83. The van der Waals surface area contributed by atoms with Crippen LogP contribution in [-0.4, -0.2) is 12.1 Å². The predicted molar refractivity (Wildman–Crippen MR) is 48.9 cm³/mol. The summed E-state index contributed by atoms with van der Waals surface area (Å²) in [5.41, 5.74) is 4.37. The molecular formula is C10H14NO. The van der Waals surface area contributed by atoms with Gasteiger partial charge in [-0.1, -0.05) is 0 Å². The lowest BCUT2D eigenvalue weighted by Gasteiger charge is -2.07. The minimum absolute atomic E-state index is 1.02. The molecule has 0 amide bonds. The summed E-state index contributed by atoms with van der Waals surface area (Å²) in [4.78, 5) is 4.34. The van der Waals surface area contributed by atoms with Crippen LogP contribution in [0.5, 0.6) is 0 Å². The van der Waals surface area contributed by atoms with E-state index in [0.717, 1.165) is 17.0 Å². The monoisotopic (exact) mass is 164 g/mol. The summed E-state index contributed by atoms with van der Waals surface area (Å²) in [6.07, 6.45) is 0. The highest BCUT2D eigenvalue weighted by atomic mass is 16.5. The van der Waals surface area contributed by atoms with Crippen LogP contribution < -0.4 is 0 Å². The summed E-state index contributed by atoms with van der Waals surface area (Å²) in [5.74, 6) is 0. The van der Waals surface area contributed by atoms with E-state index in [1.165, 1.54) is 5.56 Å². The molecule has 0 aliphatic heterocycles. The van der Waals surface area contributed by atoms with Gasteiger partial charge in [-0.05, 0) is 32.4 Å². The SMILES string of the molecule is CO[CH]c1c(C)cc(C)nc1C. The highest BCUT2D eigenvalue weighted by Gasteiger charge is 2.04. The highest BCUT2D eigenvalue weighted by molar-refractivity contribution is 5.34. The Morgan fingerprint density at radius 2 is 2.00 bits per heavy atom. The van der Waals surface area contributed by atoms with E-state index in [4.69, 9.17) is 4.74 Å². The number of hydrogen-bond acceptors (Lipinski definition) is 2. The van der Waals surface area contributed by atoms with E-state index in [-0.39, 0.29) is 0 Å². The van der Waals surface area contributed by atoms with Crippen LogP contribution >= 0.6 is 0 Å². The standard InChI is InChI=1S/C10H14NO/c1-7-5-8(2)11-9(3)10(7)6-12-4/h5-6H,1-4H3. The van der Waals surface area contributed by atoms with Gasteiger partial charge >= 0.3 is 0 Å². The van der Waals surface area contributed by atoms with E-state index in [2.05, 4.69) is 18.0 Å². The molecular weight excluding hydrogens is 150 g/mol. The van der Waals surface area contributed by atoms with E-state index in [1.54, 1.807) is 13.7 Å². The molecule has 0 bridgehead atoms. The van der Waals surface area contributed by atoms with Gasteiger partial charge in [0.2, 0.25) is 0 Å². The first-order valence-corrected chi connectivity index (χ1v) is 3.96. The van der Waals surface area contributed by atoms with Crippen molar-refractivity contribution in [3.63, 3.8) is 0 Å². The Hall–Kier alpha value is -0.890. The average Bonchev–Trinajstić information content (AvgIpc) is 1.96. The zero-order valence-electron chi connectivity index (χ0n) is 8.01. The summed E-state index contributed by atoms with van der Waals surface area (Å²) in [6, 6.07) is 2.05. The lowest BCUT2D eigenvalue weighted by atomic mass is 10.1. The van der Waals surface area contributed by atoms with Crippen molar-refractivity contribution in [1.82, 2.24) is 4.98 Å². The maximum absolute atomic E-state index is 4.96. The molecule has 0 spiro atoms. The molecule has 1 rings (SSSR count). The van der Waals surface area contributed by atoms with E-state index in [9.17, 15) is 0 Å². The number of hydrogen-bond donors (Lipinski definition) is 0. The van der Waals surface area contributed by atoms with Gasteiger partial charge in [-0.25, -0.2) is 0 Å². The largest absolute Gasteiger partial charge is 0.374 e. The minimum atomic E-state index is 1.02. The van der Waals surface area contributed by atoms with Gasteiger partial charge in [0.1, 0.15) is 6.61 Å². The molecule has 1 aromatic rings. The van der Waals surface area contributed by atoms with Crippen LogP contribution in [0.15, 0.2) is 6.07 Å². The zero-order valence-corrected chi connectivity index (χ0v) is 8.01. The van der Waals surface area contributed by atoms with Crippen LogP contribution in [-0.2, 0) is 4.74 Å². The molecule has 0 aromatic carbocycles. The number of rotatable bonds is 2. The molecule has 1 radical (unpaired) electrons. The van der Waals surface area contributed by atoms with Crippen molar-refractivity contribution in [2.75, 3.05) is 7.11 Å². The van der Waals surface area contributed by atoms with E-state index < -0.39 is 0 Å². The summed E-state index contributed by atoms with van der Waals surface area (Å²) >= 11 is 0. The molecule has 0 aliphatic carbocycles. The number of pyridine rings is 1. The molecule has 0 aliphatic rings. The first-order chi connectivity index (χ1) is 5.65. The highest BCUT2D eigenvalue weighted by Crippen LogP contribution is 2.14. The maximum atomic E-state index is 4.96. The van der Waals surface area contributed by atoms with E-state index in [0.29, 0.717) is 0 Å². The van der Waals surface area contributed by atoms with Crippen LogP contribution in [0, 0.1) is 27.4 Å². The summed E-state index contributed by atoms with van der Waals surface area (Å²) in [6.45, 7) is 7.78. The van der Waals surface area contributed by atoms with Crippen LogP contribution in [0.2, 0.25) is 0 Å². The first kappa shape index (κ1) is 9.20. The van der Waals surface area contributed by atoms with Gasteiger partial charge in [-0.3, -0.25) is 4.98 Å². The quantitative estimate of drug-likeness (QED) is 0.668. The third-order valence-electron chi connectivity index (χ3n) is 1.82. The Labute approximate surface area is 73.6 Å². The van der Waals surface area contributed by atoms with Crippen LogP contribution in [0.3, 0.4) is 0 Å². The van der Waals surface area contributed by atoms with E-state index >= 15 is 0 Å². The second-order valence-corrected chi connectivity index (χ2v) is 2.93. The number of methoxy groups -OCH3 is 1. The maximum Gasteiger partial charge on any atom is 0.114 e. The smallest absolute Gasteiger partial charge is 0.114 e. The van der Waals surface area contributed by atoms with Crippen molar-refractivity contribution in [2.24, 2.45) is 0 Å². The molecule has 12 heavy (non-hydrogen) atoms. The molecule has 0 unspecified atom stereocenters. The van der Waals surface area contributed by atoms with Crippen molar-refractivity contribution in [1.29, 1.82) is 0 Å². The van der Waals surface area contributed by atoms with Crippen molar-refractivity contribution in [3.05, 3.63) is 35.2 Å². The topological polar surface area (TPSA) is 22.1 Å². The Bertz CT molecular complexity index is 258. The average molecular weight is 164 g/mol. The van der Waals surface area contributed by atoms with Crippen molar-refractivity contribution >= 4 is 0 Å². The second-order valence-electron chi connectivity index (χ2n) is 2.93.